The van der Waals surface area contributed by atoms with Crippen molar-refractivity contribution in [1.29, 1.82) is 0 Å². The van der Waals surface area contributed by atoms with E-state index in [0.29, 0.717) is 31.6 Å². The van der Waals surface area contributed by atoms with Crippen LogP contribution in [0.15, 0.2) is 54.7 Å². The van der Waals surface area contributed by atoms with E-state index in [-0.39, 0.29) is 5.41 Å². The molecule has 2 aromatic carbocycles. The van der Waals surface area contributed by atoms with E-state index in [9.17, 15) is 4.79 Å². The summed E-state index contributed by atoms with van der Waals surface area (Å²) in [6.45, 7) is 2.76. The van der Waals surface area contributed by atoms with E-state index in [0.717, 1.165) is 49.6 Å². The Morgan fingerprint density at radius 2 is 2.00 bits per heavy atom. The Labute approximate surface area is 177 Å². The molecule has 0 radical (unpaired) electrons. The van der Waals surface area contributed by atoms with Crippen molar-refractivity contribution in [2.24, 2.45) is 5.92 Å². The van der Waals surface area contributed by atoms with E-state index >= 15 is 0 Å². The second-order valence-electron chi connectivity index (χ2n) is 8.84. The molecular formula is C25H29N3O2. The molecule has 1 saturated carbocycles. The Kier molecular flexibility index (Phi) is 5.30. The molecule has 2 aliphatic rings. The average Bonchev–Trinajstić information content (AvgIpc) is 3.40. The van der Waals surface area contributed by atoms with E-state index in [1.165, 1.54) is 11.1 Å². The molecule has 5 heteroatoms. The van der Waals surface area contributed by atoms with E-state index in [1.54, 1.807) is 0 Å². The van der Waals surface area contributed by atoms with E-state index < -0.39 is 0 Å². The van der Waals surface area contributed by atoms with Gasteiger partial charge >= 0.3 is 0 Å². The fraction of sp³-hybridized carbons (Fsp3) is 0.440. The maximum atomic E-state index is 13.9. The van der Waals surface area contributed by atoms with Crippen LogP contribution in [0.1, 0.15) is 36.8 Å². The molecule has 1 aliphatic carbocycles. The molecule has 1 aromatic heterocycles. The molecule has 1 saturated heterocycles. The Bertz CT molecular complexity index is 1010. The number of rotatable bonds is 4. The van der Waals surface area contributed by atoms with Crippen molar-refractivity contribution in [3.63, 3.8) is 0 Å². The van der Waals surface area contributed by atoms with Crippen LogP contribution >= 0.6 is 0 Å². The average molecular weight is 404 g/mol. The number of nitrogens with one attached hydrogen (secondary N) is 1. The summed E-state index contributed by atoms with van der Waals surface area (Å²) >= 11 is 0. The molecule has 0 spiro atoms. The Morgan fingerprint density at radius 3 is 2.83 bits per heavy atom. The molecule has 1 amide bonds. The highest BCUT2D eigenvalue weighted by molar-refractivity contribution is 5.88. The highest BCUT2D eigenvalue weighted by atomic mass is 16.5. The van der Waals surface area contributed by atoms with Gasteiger partial charge < -0.3 is 9.64 Å². The lowest BCUT2D eigenvalue weighted by atomic mass is 9.77. The molecule has 0 unspecified atom stereocenters. The lowest BCUT2D eigenvalue weighted by molar-refractivity contribution is -0.137. The van der Waals surface area contributed by atoms with Crippen LogP contribution in [0.4, 0.5) is 0 Å². The third-order valence-electron chi connectivity index (χ3n) is 6.85. The first-order chi connectivity index (χ1) is 14.7. The second-order valence-corrected chi connectivity index (χ2v) is 8.84. The van der Waals surface area contributed by atoms with Gasteiger partial charge in [0.2, 0.25) is 5.91 Å². The molecule has 0 bridgehead atoms. The molecule has 3 aromatic rings. The minimum Gasteiger partial charge on any atom is -0.379 e. The molecule has 1 aliphatic heterocycles. The van der Waals surface area contributed by atoms with Gasteiger partial charge in [-0.1, -0.05) is 49.2 Å². The van der Waals surface area contributed by atoms with Gasteiger partial charge in [-0.15, -0.1) is 0 Å². The molecule has 5 nitrogen and oxygen atoms in total. The topological polar surface area (TPSA) is 58.2 Å². The minimum atomic E-state index is -0.355. The van der Waals surface area contributed by atoms with Crippen molar-refractivity contribution in [3.05, 3.63) is 65.9 Å². The van der Waals surface area contributed by atoms with Gasteiger partial charge in [0.05, 0.1) is 30.3 Å². The van der Waals surface area contributed by atoms with Crippen LogP contribution in [0, 0.1) is 5.92 Å². The number of benzene rings is 2. The van der Waals surface area contributed by atoms with Gasteiger partial charge in [0.1, 0.15) is 0 Å². The van der Waals surface area contributed by atoms with Crippen LogP contribution < -0.4 is 0 Å². The highest BCUT2D eigenvalue weighted by Crippen LogP contribution is 2.43. The molecule has 2 fully saturated rings. The Hall–Kier alpha value is -2.66. The predicted molar refractivity (Wildman–Crippen MR) is 117 cm³/mol. The first-order valence-corrected chi connectivity index (χ1v) is 11.1. The van der Waals surface area contributed by atoms with Crippen molar-refractivity contribution < 1.29 is 9.53 Å². The Balaban J connectivity index is 1.36. The summed E-state index contributed by atoms with van der Waals surface area (Å²) < 4.78 is 5.92. The van der Waals surface area contributed by atoms with Gasteiger partial charge in [0.15, 0.2) is 0 Å². The van der Waals surface area contributed by atoms with Crippen molar-refractivity contribution in [1.82, 2.24) is 15.1 Å². The van der Waals surface area contributed by atoms with Crippen LogP contribution in [-0.4, -0.2) is 47.3 Å². The largest absolute Gasteiger partial charge is 0.379 e. The molecule has 156 valence electrons. The maximum absolute atomic E-state index is 13.9. The third kappa shape index (κ3) is 3.63. The quantitative estimate of drug-likeness (QED) is 0.714. The highest BCUT2D eigenvalue weighted by Gasteiger charge is 2.45. The number of aromatic amines is 1. The second kappa shape index (κ2) is 8.23. The number of hydrogen-bond donors (Lipinski definition) is 1. The lowest BCUT2D eigenvalue weighted by Gasteiger charge is -2.35. The van der Waals surface area contributed by atoms with Gasteiger partial charge in [-0.3, -0.25) is 9.89 Å². The summed E-state index contributed by atoms with van der Waals surface area (Å²) in [4.78, 5) is 16.0. The number of ether oxygens (including phenoxy) is 1. The molecule has 2 heterocycles. The van der Waals surface area contributed by atoms with E-state index in [4.69, 9.17) is 4.74 Å². The van der Waals surface area contributed by atoms with Crippen LogP contribution in [0.2, 0.25) is 0 Å². The first kappa shape index (κ1) is 19.3. The molecule has 5 rings (SSSR count). The summed E-state index contributed by atoms with van der Waals surface area (Å²) in [7, 11) is 0. The Morgan fingerprint density at radius 1 is 1.17 bits per heavy atom. The van der Waals surface area contributed by atoms with Gasteiger partial charge in [0.25, 0.3) is 0 Å². The first-order valence-electron chi connectivity index (χ1n) is 11.1. The van der Waals surface area contributed by atoms with Gasteiger partial charge in [-0.05, 0) is 42.5 Å². The van der Waals surface area contributed by atoms with Crippen LogP contribution in [0.3, 0.4) is 0 Å². The minimum absolute atomic E-state index is 0.298. The maximum Gasteiger partial charge on any atom is 0.233 e. The number of nitrogens with zero attached hydrogens (tertiary/aromatic N) is 2. The zero-order valence-electron chi connectivity index (χ0n) is 17.3. The smallest absolute Gasteiger partial charge is 0.233 e. The predicted octanol–water partition coefficient (Wildman–Crippen LogP) is 4.09. The number of aromatic nitrogens is 2. The summed E-state index contributed by atoms with van der Waals surface area (Å²) in [6, 6.07) is 16.8. The number of carbonyl (C=O) groups excluding carboxylic acids is 1. The summed E-state index contributed by atoms with van der Waals surface area (Å²) in [5.74, 6) is 0.599. The molecule has 30 heavy (non-hydrogen) atoms. The zero-order valence-corrected chi connectivity index (χ0v) is 17.3. The standard InChI is InChI=1S/C25H29N3O2/c29-24(25(10-4-5-11-25)22-6-2-1-3-7-22)28-12-13-30-18-20(17-28)14-19-8-9-23-21(15-19)16-26-27-23/h1-3,6-9,15-16,20H,4-5,10-14,17-18H2,(H,26,27)/t20-/m1/s1. The van der Waals surface area contributed by atoms with E-state index in [1.807, 2.05) is 12.3 Å². The SMILES string of the molecule is O=C(N1CCOC[C@H](Cc2ccc3[nH]ncc3c2)C1)C1(c2ccccc2)CCCC1. The third-order valence-corrected chi connectivity index (χ3v) is 6.85. The number of amides is 1. The van der Waals surface area contributed by atoms with Crippen LogP contribution in [0.25, 0.3) is 10.9 Å². The zero-order chi connectivity index (χ0) is 20.4. The van der Waals surface area contributed by atoms with Crippen molar-refractivity contribution in [2.45, 2.75) is 37.5 Å². The summed E-state index contributed by atoms with van der Waals surface area (Å²) in [5, 5.41) is 8.25. The van der Waals surface area contributed by atoms with Crippen LogP contribution in [-0.2, 0) is 21.4 Å². The summed E-state index contributed by atoms with van der Waals surface area (Å²) in [5.41, 5.74) is 3.15. The van der Waals surface area contributed by atoms with Gasteiger partial charge in [-0.2, -0.15) is 5.10 Å². The lowest BCUT2D eigenvalue weighted by Crippen LogP contribution is -2.47. The monoisotopic (exact) mass is 403 g/mol. The molecular weight excluding hydrogens is 374 g/mol. The number of H-pyrrole nitrogens is 1. The molecule has 1 atom stereocenters. The van der Waals surface area contributed by atoms with Crippen molar-refractivity contribution in [2.75, 3.05) is 26.3 Å². The fourth-order valence-corrected chi connectivity index (χ4v) is 5.31. The number of hydrogen-bond acceptors (Lipinski definition) is 3. The van der Waals surface area contributed by atoms with E-state index in [2.05, 4.69) is 57.6 Å². The number of carbonyl (C=O) groups is 1. The van der Waals surface area contributed by atoms with Crippen LogP contribution in [0.5, 0.6) is 0 Å². The van der Waals surface area contributed by atoms with Gasteiger partial charge in [0, 0.05) is 24.4 Å². The fourth-order valence-electron chi connectivity index (χ4n) is 5.31. The molecule has 1 N–H and O–H groups in total. The van der Waals surface area contributed by atoms with Gasteiger partial charge in [-0.25, -0.2) is 0 Å². The summed E-state index contributed by atoms with van der Waals surface area (Å²) in [6.07, 6.45) is 6.92. The number of fused-ring (bicyclic) bond motifs is 1. The van der Waals surface area contributed by atoms with Crippen molar-refractivity contribution >= 4 is 16.8 Å². The normalized spacial score (nSPS) is 21.6. The van der Waals surface area contributed by atoms with Crippen molar-refractivity contribution in [3.8, 4) is 0 Å².